The summed E-state index contributed by atoms with van der Waals surface area (Å²) >= 11 is 4.73. The molecule has 0 fully saturated rings. The lowest BCUT2D eigenvalue weighted by Crippen LogP contribution is -2.54. The maximum atomic E-state index is 12.8. The van der Waals surface area contributed by atoms with Crippen LogP contribution >= 0.6 is 27.7 Å². The molecular weight excluding hydrogens is 446 g/mol. The van der Waals surface area contributed by atoms with Crippen molar-refractivity contribution in [2.45, 2.75) is 24.8 Å². The van der Waals surface area contributed by atoms with Gasteiger partial charge >= 0.3 is 0 Å². The largest absolute Gasteiger partial charge is 0.470 e. The molecule has 1 aromatic heterocycles. The maximum Gasteiger partial charge on any atom is 0.272 e. The molecule has 1 heterocycles. The summed E-state index contributed by atoms with van der Waals surface area (Å²) in [6.07, 6.45) is 5.06. The van der Waals surface area contributed by atoms with E-state index in [1.807, 2.05) is 31.4 Å². The van der Waals surface area contributed by atoms with Gasteiger partial charge in [-0.3, -0.25) is 9.78 Å². The quantitative estimate of drug-likeness (QED) is 0.343. The van der Waals surface area contributed by atoms with Crippen LogP contribution in [0.2, 0.25) is 0 Å². The fourth-order valence-electron chi connectivity index (χ4n) is 2.69. The molecule has 28 heavy (non-hydrogen) atoms. The zero-order valence-electron chi connectivity index (χ0n) is 16.5. The third-order valence-corrected chi connectivity index (χ3v) is 5.05. The molecule has 2 rings (SSSR count). The van der Waals surface area contributed by atoms with Crippen molar-refractivity contribution in [3.8, 4) is 5.75 Å². The fraction of sp³-hybridized carbons (Fsp3) is 0.421. The van der Waals surface area contributed by atoms with Crippen molar-refractivity contribution < 1.29 is 19.1 Å². The maximum absolute atomic E-state index is 12.8. The molecule has 0 aliphatic rings. The zero-order valence-corrected chi connectivity index (χ0v) is 18.9. The minimum absolute atomic E-state index is 0.238. The number of aryl methyl sites for hydroxylation is 1. The van der Waals surface area contributed by atoms with Gasteiger partial charge in [0.05, 0.1) is 23.9 Å². The Morgan fingerprint density at radius 3 is 2.82 bits per heavy atom. The van der Waals surface area contributed by atoms with Crippen LogP contribution < -0.4 is 10.1 Å². The molecule has 9 heteroatoms. The number of rotatable bonds is 9. The lowest BCUT2D eigenvalue weighted by Gasteiger charge is -2.27. The monoisotopic (exact) mass is 469 g/mol. The predicted molar refractivity (Wildman–Crippen MR) is 116 cm³/mol. The molecule has 0 saturated heterocycles. The van der Waals surface area contributed by atoms with Crippen molar-refractivity contribution in [3.63, 3.8) is 0 Å². The summed E-state index contributed by atoms with van der Waals surface area (Å²) in [7, 11) is 2.99. The zero-order chi connectivity index (χ0) is 20.7. The van der Waals surface area contributed by atoms with E-state index in [9.17, 15) is 4.79 Å². The van der Waals surface area contributed by atoms with Gasteiger partial charge in [0.15, 0.2) is 0 Å². The van der Waals surface area contributed by atoms with Gasteiger partial charge in [-0.05, 0) is 59.8 Å². The highest BCUT2D eigenvalue weighted by atomic mass is 79.9. The lowest BCUT2D eigenvalue weighted by molar-refractivity contribution is -0.126. The molecule has 2 unspecified atom stereocenters. The highest BCUT2D eigenvalue weighted by Crippen LogP contribution is 2.27. The number of aromatic nitrogens is 1. The second-order valence-corrected chi connectivity index (χ2v) is 8.22. The van der Waals surface area contributed by atoms with Crippen LogP contribution in [0.25, 0.3) is 10.9 Å². The minimum atomic E-state index is -0.826. The number of halogens is 1. The Morgan fingerprint density at radius 2 is 2.18 bits per heavy atom. The van der Waals surface area contributed by atoms with Crippen LogP contribution in [0, 0.1) is 6.92 Å². The summed E-state index contributed by atoms with van der Waals surface area (Å²) < 4.78 is 12.0. The molecule has 152 valence electrons. The number of fused-ring (bicyclic) bond motifs is 1. The number of nitrogens with zero attached hydrogens (tertiary/aromatic N) is 2. The molecule has 1 N–H and O–H groups in total. The van der Waals surface area contributed by atoms with Gasteiger partial charge in [-0.1, -0.05) is 5.16 Å². The normalized spacial score (nSPS) is 14.6. The molecule has 0 radical (unpaired) electrons. The third kappa shape index (κ3) is 5.83. The van der Waals surface area contributed by atoms with Crippen LogP contribution in [-0.2, 0) is 14.4 Å². The number of nitrogens with one attached hydrogen (secondary N) is 1. The number of pyridine rings is 1. The Labute approximate surface area is 177 Å². The SMILES string of the molecule is COCC(C)(C=NOC)NC(=O)C(Oc1cc(C)c2ncc(Br)cc2c1)SC. The van der Waals surface area contributed by atoms with Gasteiger partial charge in [0, 0.05) is 23.2 Å². The van der Waals surface area contributed by atoms with E-state index in [0.29, 0.717) is 5.75 Å². The number of oxime groups is 1. The standard InChI is InChI=1S/C19H24BrN3O4S/c1-12-6-15(8-13-7-14(20)9-21-16(12)13)27-18(28-5)17(24)23-19(2,11-25-3)10-22-26-4/h6-10,18H,11H2,1-5H3,(H,23,24). The molecule has 0 bridgehead atoms. The predicted octanol–water partition coefficient (Wildman–Crippen LogP) is 3.53. The van der Waals surface area contributed by atoms with Gasteiger partial charge in [0.1, 0.15) is 12.9 Å². The summed E-state index contributed by atoms with van der Waals surface area (Å²) in [5.41, 5.74) is 0.290. The van der Waals surface area contributed by atoms with E-state index in [4.69, 9.17) is 14.3 Å². The topological polar surface area (TPSA) is 82.0 Å². The first-order chi connectivity index (χ1) is 13.3. The summed E-state index contributed by atoms with van der Waals surface area (Å²) in [4.78, 5) is 22.0. The van der Waals surface area contributed by atoms with Crippen molar-refractivity contribution in [1.29, 1.82) is 0 Å². The molecule has 1 amide bonds. The number of benzene rings is 1. The smallest absolute Gasteiger partial charge is 0.272 e. The average molecular weight is 470 g/mol. The molecule has 0 spiro atoms. The van der Waals surface area contributed by atoms with E-state index in [1.54, 1.807) is 20.2 Å². The summed E-state index contributed by atoms with van der Waals surface area (Å²) in [5.74, 6) is 0.304. The van der Waals surface area contributed by atoms with Crippen LogP contribution in [0.15, 0.2) is 34.0 Å². The van der Waals surface area contributed by atoms with Crippen molar-refractivity contribution in [1.82, 2.24) is 10.3 Å². The number of ether oxygens (including phenoxy) is 2. The Morgan fingerprint density at radius 1 is 1.43 bits per heavy atom. The van der Waals surface area contributed by atoms with E-state index in [2.05, 4.69) is 31.4 Å². The Hall–Kier alpha value is -1.84. The van der Waals surface area contributed by atoms with Crippen molar-refractivity contribution in [2.24, 2.45) is 5.16 Å². The van der Waals surface area contributed by atoms with Crippen LogP contribution in [0.1, 0.15) is 12.5 Å². The molecule has 7 nitrogen and oxygen atoms in total. The van der Waals surface area contributed by atoms with E-state index >= 15 is 0 Å². The van der Waals surface area contributed by atoms with Gasteiger partial charge in [-0.25, -0.2) is 0 Å². The van der Waals surface area contributed by atoms with Crippen molar-refractivity contribution in [2.75, 3.05) is 27.1 Å². The molecule has 0 saturated carbocycles. The molecule has 1 aromatic carbocycles. The molecule has 2 aromatic rings. The summed E-state index contributed by atoms with van der Waals surface area (Å²) in [6.45, 7) is 3.99. The first-order valence-electron chi connectivity index (χ1n) is 8.46. The number of carbonyl (C=O) groups is 1. The Bertz CT molecular complexity index is 864. The highest BCUT2D eigenvalue weighted by Gasteiger charge is 2.30. The van der Waals surface area contributed by atoms with E-state index in [1.165, 1.54) is 25.1 Å². The van der Waals surface area contributed by atoms with E-state index < -0.39 is 11.0 Å². The number of amides is 1. The second kappa shape index (κ2) is 10.1. The number of carbonyl (C=O) groups excluding carboxylic acids is 1. The second-order valence-electron chi connectivity index (χ2n) is 6.41. The molecule has 2 atom stereocenters. The average Bonchev–Trinajstić information content (AvgIpc) is 2.64. The minimum Gasteiger partial charge on any atom is -0.470 e. The first-order valence-corrected chi connectivity index (χ1v) is 10.5. The summed E-state index contributed by atoms with van der Waals surface area (Å²) in [5, 5.41) is 7.59. The highest BCUT2D eigenvalue weighted by molar-refractivity contribution is 9.10. The van der Waals surface area contributed by atoms with E-state index in [0.717, 1.165) is 20.9 Å². The van der Waals surface area contributed by atoms with Gasteiger partial charge < -0.3 is 19.6 Å². The van der Waals surface area contributed by atoms with Crippen molar-refractivity contribution in [3.05, 3.63) is 34.4 Å². The number of hydrogen-bond acceptors (Lipinski definition) is 7. The van der Waals surface area contributed by atoms with E-state index in [-0.39, 0.29) is 12.5 Å². The van der Waals surface area contributed by atoms with Gasteiger partial charge in [-0.2, -0.15) is 0 Å². The number of methoxy groups -OCH3 is 1. The Balaban J connectivity index is 2.22. The molecule has 0 aliphatic carbocycles. The van der Waals surface area contributed by atoms with Crippen LogP contribution in [0.5, 0.6) is 5.75 Å². The van der Waals surface area contributed by atoms with Crippen LogP contribution in [0.4, 0.5) is 0 Å². The molecule has 0 aliphatic heterocycles. The van der Waals surface area contributed by atoms with Gasteiger partial charge in [0.25, 0.3) is 5.91 Å². The lowest BCUT2D eigenvalue weighted by atomic mass is 10.1. The molecular formula is C19H24BrN3O4S. The number of thioether (sulfide) groups is 1. The summed E-state index contributed by atoms with van der Waals surface area (Å²) in [6, 6.07) is 5.71. The van der Waals surface area contributed by atoms with Gasteiger partial charge in [-0.15, -0.1) is 11.8 Å². The van der Waals surface area contributed by atoms with Gasteiger partial charge in [0.2, 0.25) is 5.44 Å². The number of hydrogen-bond donors (Lipinski definition) is 1. The van der Waals surface area contributed by atoms with Crippen LogP contribution in [-0.4, -0.2) is 55.2 Å². The third-order valence-electron chi connectivity index (χ3n) is 3.88. The Kier molecular flexibility index (Phi) is 8.09. The van der Waals surface area contributed by atoms with Crippen LogP contribution in [0.3, 0.4) is 0 Å². The van der Waals surface area contributed by atoms with Crippen molar-refractivity contribution >= 4 is 50.7 Å². The fourth-order valence-corrected chi connectivity index (χ4v) is 3.52. The first kappa shape index (κ1) is 22.4.